The number of sulfonamides is 1. The number of carbonyl (C=O) groups excluding carboxylic acids is 2. The molecule has 2 aliphatic rings. The fourth-order valence-electron chi connectivity index (χ4n) is 3.11. The molecular weight excluding hydrogens is 358 g/mol. The van der Waals surface area contributed by atoms with Crippen molar-refractivity contribution in [2.24, 2.45) is 0 Å². The molecule has 2 saturated heterocycles. The number of ether oxygens (including phenoxy) is 1. The number of carbonyl (C=O) groups is 2. The maximum Gasteiger partial charge on any atom is 0.251 e. The van der Waals surface area contributed by atoms with Crippen molar-refractivity contribution >= 4 is 22.3 Å². The van der Waals surface area contributed by atoms with Gasteiger partial charge in [0.15, 0.2) is 0 Å². The van der Waals surface area contributed by atoms with Gasteiger partial charge in [-0.1, -0.05) is 6.07 Å². The van der Waals surface area contributed by atoms with Gasteiger partial charge in [-0.15, -0.1) is 0 Å². The van der Waals surface area contributed by atoms with Crippen molar-refractivity contribution in [3.05, 3.63) is 29.8 Å². The highest BCUT2D eigenvalue weighted by molar-refractivity contribution is 7.89. The highest BCUT2D eigenvalue weighted by atomic mass is 32.2. The molecular formula is C17H23N3O5S. The zero-order chi connectivity index (χ0) is 18.6. The van der Waals surface area contributed by atoms with E-state index >= 15 is 0 Å². The normalized spacial score (nSPS) is 21.5. The predicted molar refractivity (Wildman–Crippen MR) is 94.1 cm³/mol. The largest absolute Gasteiger partial charge is 0.376 e. The zero-order valence-corrected chi connectivity index (χ0v) is 15.3. The number of benzene rings is 1. The van der Waals surface area contributed by atoms with Gasteiger partial charge in [-0.05, 0) is 31.0 Å². The third-order valence-corrected chi connectivity index (χ3v) is 6.57. The van der Waals surface area contributed by atoms with Crippen molar-refractivity contribution in [2.45, 2.75) is 23.8 Å². The van der Waals surface area contributed by atoms with Crippen molar-refractivity contribution in [1.29, 1.82) is 0 Å². The van der Waals surface area contributed by atoms with E-state index in [1.807, 2.05) is 0 Å². The maximum atomic E-state index is 12.8. The molecule has 1 aromatic rings. The molecule has 26 heavy (non-hydrogen) atoms. The minimum Gasteiger partial charge on any atom is -0.376 e. The van der Waals surface area contributed by atoms with E-state index in [2.05, 4.69) is 5.32 Å². The zero-order valence-electron chi connectivity index (χ0n) is 14.5. The second-order valence-corrected chi connectivity index (χ2v) is 8.36. The Balaban J connectivity index is 1.67. The first-order valence-corrected chi connectivity index (χ1v) is 10.1. The van der Waals surface area contributed by atoms with Crippen molar-refractivity contribution in [2.75, 3.05) is 39.3 Å². The predicted octanol–water partition coefficient (Wildman–Crippen LogP) is 0.0581. The molecule has 1 N–H and O–H groups in total. The van der Waals surface area contributed by atoms with Gasteiger partial charge in [-0.3, -0.25) is 9.59 Å². The average Bonchev–Trinajstić information content (AvgIpc) is 3.20. The molecule has 2 heterocycles. The summed E-state index contributed by atoms with van der Waals surface area (Å²) < 4.78 is 32.4. The summed E-state index contributed by atoms with van der Waals surface area (Å²) in [5.41, 5.74) is 0.301. The second kappa shape index (κ2) is 8.15. The first-order chi connectivity index (χ1) is 12.5. The monoisotopic (exact) mass is 381 g/mol. The van der Waals surface area contributed by atoms with Crippen LogP contribution in [0.25, 0.3) is 0 Å². The summed E-state index contributed by atoms with van der Waals surface area (Å²) in [6.45, 7) is 2.36. The van der Waals surface area contributed by atoms with Crippen molar-refractivity contribution in [3.8, 4) is 0 Å². The van der Waals surface area contributed by atoms with Gasteiger partial charge in [0.05, 0.1) is 11.0 Å². The van der Waals surface area contributed by atoms with Crippen LogP contribution in [0, 0.1) is 0 Å². The van der Waals surface area contributed by atoms with Crippen LogP contribution >= 0.6 is 0 Å². The summed E-state index contributed by atoms with van der Waals surface area (Å²) in [5, 5.41) is 2.79. The van der Waals surface area contributed by atoms with Gasteiger partial charge >= 0.3 is 0 Å². The molecule has 2 fully saturated rings. The Hall–Kier alpha value is -1.97. The van der Waals surface area contributed by atoms with Gasteiger partial charge in [0.25, 0.3) is 5.91 Å². The number of nitrogens with one attached hydrogen (secondary N) is 1. The Bertz CT molecular complexity index is 753. The quantitative estimate of drug-likeness (QED) is 0.703. The van der Waals surface area contributed by atoms with Crippen LogP contribution in [0.2, 0.25) is 0 Å². The Kier molecular flexibility index (Phi) is 5.90. The highest BCUT2D eigenvalue weighted by Crippen LogP contribution is 2.19. The lowest BCUT2D eigenvalue weighted by atomic mass is 10.2. The minimum atomic E-state index is -3.69. The summed E-state index contributed by atoms with van der Waals surface area (Å²) in [7, 11) is -3.69. The number of hydrogen-bond acceptors (Lipinski definition) is 5. The lowest BCUT2D eigenvalue weighted by molar-refractivity contribution is -0.119. The second-order valence-electron chi connectivity index (χ2n) is 6.42. The molecule has 142 valence electrons. The molecule has 1 unspecified atom stereocenters. The number of nitrogens with zero attached hydrogens (tertiary/aromatic N) is 2. The van der Waals surface area contributed by atoms with E-state index in [0.29, 0.717) is 31.8 Å². The Morgan fingerprint density at radius 3 is 2.69 bits per heavy atom. The van der Waals surface area contributed by atoms with Gasteiger partial charge in [-0.2, -0.15) is 4.31 Å². The van der Waals surface area contributed by atoms with Gasteiger partial charge < -0.3 is 15.0 Å². The van der Waals surface area contributed by atoms with Crippen molar-refractivity contribution in [1.82, 2.24) is 14.5 Å². The van der Waals surface area contributed by atoms with E-state index in [0.717, 1.165) is 19.3 Å². The van der Waals surface area contributed by atoms with Crippen LogP contribution in [0.15, 0.2) is 29.2 Å². The summed E-state index contributed by atoms with van der Waals surface area (Å²) in [5.74, 6) is -0.316. The van der Waals surface area contributed by atoms with E-state index in [9.17, 15) is 18.0 Å². The van der Waals surface area contributed by atoms with Crippen LogP contribution in [0.4, 0.5) is 0 Å². The summed E-state index contributed by atoms with van der Waals surface area (Å²) >= 11 is 0. The number of rotatable bonds is 6. The van der Waals surface area contributed by atoms with Crippen molar-refractivity contribution < 1.29 is 22.7 Å². The molecule has 2 aliphatic heterocycles. The fraction of sp³-hybridized carbons (Fsp3) is 0.529. The topological polar surface area (TPSA) is 96.0 Å². The van der Waals surface area contributed by atoms with Crippen LogP contribution in [0.5, 0.6) is 0 Å². The summed E-state index contributed by atoms with van der Waals surface area (Å²) in [6.07, 6.45) is 2.66. The molecule has 0 saturated carbocycles. The Labute approximate surface area is 153 Å². The number of piperazine rings is 1. The third kappa shape index (κ3) is 4.22. The molecule has 0 spiro atoms. The van der Waals surface area contributed by atoms with Crippen LogP contribution in [0.1, 0.15) is 23.2 Å². The molecule has 1 aromatic carbocycles. The molecule has 0 bridgehead atoms. The number of amides is 2. The van der Waals surface area contributed by atoms with E-state index in [1.165, 1.54) is 16.4 Å². The van der Waals surface area contributed by atoms with Crippen LogP contribution < -0.4 is 5.32 Å². The lowest BCUT2D eigenvalue weighted by Gasteiger charge is -2.31. The molecule has 3 rings (SSSR count). The van der Waals surface area contributed by atoms with E-state index < -0.39 is 10.0 Å². The minimum absolute atomic E-state index is 0.0278. The molecule has 0 aliphatic carbocycles. The molecule has 1 atom stereocenters. The average molecular weight is 381 g/mol. The van der Waals surface area contributed by atoms with Gasteiger partial charge in [0.1, 0.15) is 0 Å². The van der Waals surface area contributed by atoms with Gasteiger partial charge in [0.2, 0.25) is 16.4 Å². The van der Waals surface area contributed by atoms with E-state index in [4.69, 9.17) is 4.74 Å². The molecule has 0 radical (unpaired) electrons. The van der Waals surface area contributed by atoms with Crippen LogP contribution in [-0.4, -0.2) is 75.4 Å². The maximum absolute atomic E-state index is 12.8. The van der Waals surface area contributed by atoms with Gasteiger partial charge in [-0.25, -0.2) is 8.42 Å². The summed E-state index contributed by atoms with van der Waals surface area (Å²) in [4.78, 5) is 24.7. The molecule has 2 amide bonds. The summed E-state index contributed by atoms with van der Waals surface area (Å²) in [6, 6.07) is 6.04. The Morgan fingerprint density at radius 1 is 1.27 bits per heavy atom. The highest BCUT2D eigenvalue weighted by Gasteiger charge is 2.28. The van der Waals surface area contributed by atoms with Gasteiger partial charge in [0, 0.05) is 44.9 Å². The lowest BCUT2D eigenvalue weighted by Crippen LogP contribution is -2.48. The smallest absolute Gasteiger partial charge is 0.251 e. The Morgan fingerprint density at radius 2 is 2.04 bits per heavy atom. The van der Waals surface area contributed by atoms with Crippen molar-refractivity contribution in [3.63, 3.8) is 0 Å². The van der Waals surface area contributed by atoms with E-state index in [-0.39, 0.29) is 30.0 Å². The molecule has 8 nitrogen and oxygen atoms in total. The molecule has 0 aromatic heterocycles. The third-order valence-electron chi connectivity index (χ3n) is 4.67. The first kappa shape index (κ1) is 18.8. The molecule has 9 heteroatoms. The fourth-order valence-corrected chi connectivity index (χ4v) is 4.58. The van der Waals surface area contributed by atoms with Crippen LogP contribution in [0.3, 0.4) is 0 Å². The standard InChI is InChI=1S/C17H23N3O5S/c21-13-19-6-8-20(9-7-19)26(23,24)16-5-1-3-14(11-16)17(22)18-12-15-4-2-10-25-15/h1,3,5,11,13,15H,2,4,6-10,12H2,(H,18,22). The van der Waals surface area contributed by atoms with Crippen LogP contribution in [-0.2, 0) is 19.6 Å². The SMILES string of the molecule is O=CN1CCN(S(=O)(=O)c2cccc(C(=O)NCC3CCCO3)c2)CC1. The first-order valence-electron chi connectivity index (χ1n) is 8.70. The van der Waals surface area contributed by atoms with E-state index in [1.54, 1.807) is 17.0 Å². The number of hydrogen-bond donors (Lipinski definition) is 1.